The topological polar surface area (TPSA) is 29.5 Å². The van der Waals surface area contributed by atoms with Gasteiger partial charge in [0, 0.05) is 5.56 Å². The molecule has 0 saturated carbocycles. The Morgan fingerprint density at radius 3 is 2.26 bits per heavy atom. The van der Waals surface area contributed by atoms with Crippen LogP contribution in [-0.4, -0.2) is 35.4 Å². The first-order valence-corrected chi connectivity index (χ1v) is 9.24. The van der Waals surface area contributed by atoms with Gasteiger partial charge in [-0.05, 0) is 55.7 Å². The maximum Gasteiger partial charge on any atom is 0.282 e. The summed E-state index contributed by atoms with van der Waals surface area (Å²) in [4.78, 5) is 13.3. The fourth-order valence-electron chi connectivity index (χ4n) is 2.78. The molecule has 3 nitrogen and oxygen atoms in total. The predicted octanol–water partition coefficient (Wildman–Crippen LogP) is 5.67. The summed E-state index contributed by atoms with van der Waals surface area (Å²) in [5, 5.41) is 0.511. The van der Waals surface area contributed by atoms with Crippen molar-refractivity contribution < 1.29 is 18.3 Å². The maximum absolute atomic E-state index is 12.9. The van der Waals surface area contributed by atoms with Gasteiger partial charge in [-0.2, -0.15) is 0 Å². The number of hydrogen-bond acceptors (Lipinski definition) is 2. The van der Waals surface area contributed by atoms with E-state index >= 15 is 0 Å². The standard InChI is InChI=1S/C21H22ClF2NO2/c1-4-20(2,3)27-18-10-9-16(11-17(18)22)14-5-7-15(8-6-14)19(26)25-12-21(23,24)13-25/h5-11H,4,12-13H2,1-3H3. The first kappa shape index (κ1) is 19.6. The van der Waals surface area contributed by atoms with Crippen molar-refractivity contribution >= 4 is 17.5 Å². The van der Waals surface area contributed by atoms with Crippen LogP contribution in [0.4, 0.5) is 8.78 Å². The van der Waals surface area contributed by atoms with Crippen LogP contribution in [0.15, 0.2) is 42.5 Å². The summed E-state index contributed by atoms with van der Waals surface area (Å²) in [6, 6.07) is 12.4. The summed E-state index contributed by atoms with van der Waals surface area (Å²) in [5.74, 6) is -2.52. The molecule has 0 N–H and O–H groups in total. The Hall–Kier alpha value is -2.14. The zero-order valence-electron chi connectivity index (χ0n) is 15.6. The highest BCUT2D eigenvalue weighted by Gasteiger charge is 2.46. The smallest absolute Gasteiger partial charge is 0.282 e. The third-order valence-electron chi connectivity index (χ3n) is 4.77. The molecule has 2 aromatic rings. The fraction of sp³-hybridized carbons (Fsp3) is 0.381. The molecule has 1 heterocycles. The van der Waals surface area contributed by atoms with Crippen LogP contribution in [0.2, 0.25) is 5.02 Å². The molecule has 144 valence electrons. The van der Waals surface area contributed by atoms with Gasteiger partial charge in [-0.15, -0.1) is 0 Å². The zero-order chi connectivity index (χ0) is 19.8. The average Bonchev–Trinajstić information content (AvgIpc) is 2.61. The van der Waals surface area contributed by atoms with Crippen LogP contribution in [0.25, 0.3) is 11.1 Å². The molecule has 0 spiro atoms. The summed E-state index contributed by atoms with van der Waals surface area (Å²) in [6.45, 7) is 5.02. The number of alkyl halides is 2. The van der Waals surface area contributed by atoms with Crippen LogP contribution in [0.3, 0.4) is 0 Å². The fourth-order valence-corrected chi connectivity index (χ4v) is 3.00. The van der Waals surface area contributed by atoms with Crippen molar-refractivity contribution in [1.82, 2.24) is 4.90 Å². The molecule has 27 heavy (non-hydrogen) atoms. The van der Waals surface area contributed by atoms with E-state index < -0.39 is 19.0 Å². The number of amides is 1. The first-order chi connectivity index (χ1) is 12.6. The minimum absolute atomic E-state index is 0.305. The van der Waals surface area contributed by atoms with Crippen LogP contribution < -0.4 is 4.74 Å². The van der Waals surface area contributed by atoms with E-state index in [4.69, 9.17) is 16.3 Å². The van der Waals surface area contributed by atoms with Gasteiger partial charge in [0.15, 0.2) is 0 Å². The molecule has 1 amide bonds. The number of benzene rings is 2. The van der Waals surface area contributed by atoms with Crippen molar-refractivity contribution in [1.29, 1.82) is 0 Å². The van der Waals surface area contributed by atoms with Gasteiger partial charge >= 0.3 is 0 Å². The number of ether oxygens (including phenoxy) is 1. The molecular formula is C21H22ClF2NO2. The monoisotopic (exact) mass is 393 g/mol. The lowest BCUT2D eigenvalue weighted by Gasteiger charge is -2.38. The van der Waals surface area contributed by atoms with E-state index in [0.29, 0.717) is 16.3 Å². The first-order valence-electron chi connectivity index (χ1n) is 8.86. The molecule has 2 aromatic carbocycles. The van der Waals surface area contributed by atoms with Crippen LogP contribution in [-0.2, 0) is 0 Å². The molecule has 6 heteroatoms. The summed E-state index contributed by atoms with van der Waals surface area (Å²) in [7, 11) is 0. The summed E-state index contributed by atoms with van der Waals surface area (Å²) in [6.07, 6.45) is 0.851. The van der Waals surface area contributed by atoms with Crippen molar-refractivity contribution in [3.05, 3.63) is 53.1 Å². The quantitative estimate of drug-likeness (QED) is 0.655. The summed E-state index contributed by atoms with van der Waals surface area (Å²) in [5.41, 5.74) is 1.85. The lowest BCUT2D eigenvalue weighted by molar-refractivity contribution is -0.113. The highest BCUT2D eigenvalue weighted by Crippen LogP contribution is 2.34. The molecule has 0 bridgehead atoms. The zero-order valence-corrected chi connectivity index (χ0v) is 16.3. The normalized spacial score (nSPS) is 16.0. The lowest BCUT2D eigenvalue weighted by atomic mass is 10.0. The highest BCUT2D eigenvalue weighted by molar-refractivity contribution is 6.32. The van der Waals surface area contributed by atoms with Gasteiger partial charge in [-0.3, -0.25) is 4.79 Å². The number of nitrogens with zero attached hydrogens (tertiary/aromatic N) is 1. The Morgan fingerprint density at radius 2 is 1.74 bits per heavy atom. The Bertz CT molecular complexity index is 842. The highest BCUT2D eigenvalue weighted by atomic mass is 35.5. The largest absolute Gasteiger partial charge is 0.486 e. The van der Waals surface area contributed by atoms with Crippen molar-refractivity contribution in [2.24, 2.45) is 0 Å². The molecule has 1 fully saturated rings. The molecule has 1 aliphatic rings. The van der Waals surface area contributed by atoms with E-state index in [0.717, 1.165) is 22.4 Å². The van der Waals surface area contributed by atoms with E-state index in [2.05, 4.69) is 0 Å². The SMILES string of the molecule is CCC(C)(C)Oc1ccc(-c2ccc(C(=O)N3CC(F)(F)C3)cc2)cc1Cl. The average molecular weight is 394 g/mol. The van der Waals surface area contributed by atoms with Crippen LogP contribution >= 0.6 is 11.6 Å². The second kappa shape index (κ2) is 7.12. The van der Waals surface area contributed by atoms with Gasteiger partial charge < -0.3 is 9.64 Å². The third-order valence-corrected chi connectivity index (χ3v) is 5.06. The van der Waals surface area contributed by atoms with Gasteiger partial charge in [-0.25, -0.2) is 8.78 Å². The number of halogens is 3. The lowest BCUT2D eigenvalue weighted by Crippen LogP contribution is -2.58. The molecule has 0 aliphatic carbocycles. The van der Waals surface area contributed by atoms with E-state index in [1.54, 1.807) is 24.3 Å². The number of rotatable bonds is 5. The number of carbonyl (C=O) groups is 1. The number of carbonyl (C=O) groups excluding carboxylic acids is 1. The molecule has 0 radical (unpaired) electrons. The molecule has 0 unspecified atom stereocenters. The van der Waals surface area contributed by atoms with Crippen LogP contribution in [0.5, 0.6) is 5.75 Å². The number of hydrogen-bond donors (Lipinski definition) is 0. The Balaban J connectivity index is 1.74. The predicted molar refractivity (Wildman–Crippen MR) is 103 cm³/mol. The molecule has 0 atom stereocenters. The minimum atomic E-state index is -2.76. The second-order valence-electron chi connectivity index (χ2n) is 7.46. The van der Waals surface area contributed by atoms with Crippen molar-refractivity contribution in [3.8, 4) is 16.9 Å². The van der Waals surface area contributed by atoms with E-state index in [1.807, 2.05) is 39.0 Å². The van der Waals surface area contributed by atoms with Crippen molar-refractivity contribution in [2.75, 3.05) is 13.1 Å². The second-order valence-corrected chi connectivity index (χ2v) is 7.86. The van der Waals surface area contributed by atoms with Gasteiger partial charge in [0.2, 0.25) is 0 Å². The van der Waals surface area contributed by atoms with E-state index in [-0.39, 0.29) is 11.5 Å². The summed E-state index contributed by atoms with van der Waals surface area (Å²) >= 11 is 6.36. The Kier molecular flexibility index (Phi) is 5.17. The third kappa shape index (κ3) is 4.41. The van der Waals surface area contributed by atoms with E-state index in [1.165, 1.54) is 0 Å². The van der Waals surface area contributed by atoms with E-state index in [9.17, 15) is 13.6 Å². The molecule has 1 aliphatic heterocycles. The minimum Gasteiger partial charge on any atom is -0.486 e. The van der Waals surface area contributed by atoms with Crippen LogP contribution in [0.1, 0.15) is 37.6 Å². The molecule has 3 rings (SSSR count). The van der Waals surface area contributed by atoms with Crippen LogP contribution in [0, 0.1) is 0 Å². The van der Waals surface area contributed by atoms with Gasteiger partial charge in [0.25, 0.3) is 11.8 Å². The molecule has 1 saturated heterocycles. The molecule has 0 aromatic heterocycles. The van der Waals surface area contributed by atoms with Gasteiger partial charge in [0.1, 0.15) is 11.4 Å². The Labute approximate surface area is 162 Å². The van der Waals surface area contributed by atoms with Crippen molar-refractivity contribution in [3.63, 3.8) is 0 Å². The Morgan fingerprint density at radius 1 is 1.15 bits per heavy atom. The van der Waals surface area contributed by atoms with Gasteiger partial charge in [-0.1, -0.05) is 36.7 Å². The van der Waals surface area contributed by atoms with Crippen molar-refractivity contribution in [2.45, 2.75) is 38.7 Å². The van der Waals surface area contributed by atoms with Gasteiger partial charge in [0.05, 0.1) is 18.1 Å². The molecular weight excluding hydrogens is 372 g/mol. The number of likely N-dealkylation sites (tertiary alicyclic amines) is 1. The summed E-state index contributed by atoms with van der Waals surface area (Å²) < 4.78 is 31.8. The maximum atomic E-state index is 12.9.